The Morgan fingerprint density at radius 3 is 2.71 bits per heavy atom. The SMILES string of the molecule is Cc1sc(-c2ncc(Cl)cc2Cl)nc1C(=O)O. The summed E-state index contributed by atoms with van der Waals surface area (Å²) in [5, 5.41) is 10.2. The number of pyridine rings is 1. The largest absolute Gasteiger partial charge is 0.476 e. The van der Waals surface area contributed by atoms with Crippen LogP contribution in [0.5, 0.6) is 0 Å². The highest BCUT2D eigenvalue weighted by Gasteiger charge is 2.17. The lowest BCUT2D eigenvalue weighted by Gasteiger charge is -1.98. The first kappa shape index (κ1) is 12.3. The van der Waals surface area contributed by atoms with Crippen LogP contribution in [0.1, 0.15) is 15.4 Å². The summed E-state index contributed by atoms with van der Waals surface area (Å²) in [4.78, 5) is 19.5. The van der Waals surface area contributed by atoms with Crippen molar-refractivity contribution in [2.24, 2.45) is 0 Å². The molecule has 1 N–H and O–H groups in total. The van der Waals surface area contributed by atoms with Crippen molar-refractivity contribution in [3.05, 3.63) is 32.9 Å². The minimum atomic E-state index is -1.06. The van der Waals surface area contributed by atoms with Gasteiger partial charge in [-0.05, 0) is 13.0 Å². The van der Waals surface area contributed by atoms with Crippen LogP contribution in [-0.4, -0.2) is 21.0 Å². The summed E-state index contributed by atoms with van der Waals surface area (Å²) in [6.07, 6.45) is 1.44. The molecule has 0 bridgehead atoms. The van der Waals surface area contributed by atoms with Crippen molar-refractivity contribution in [3.8, 4) is 10.7 Å². The number of carboxylic acids is 1. The van der Waals surface area contributed by atoms with Crippen molar-refractivity contribution >= 4 is 40.5 Å². The molecule has 4 nitrogen and oxygen atoms in total. The quantitative estimate of drug-likeness (QED) is 0.918. The Hall–Kier alpha value is -1.17. The smallest absolute Gasteiger partial charge is 0.355 e. The molecule has 2 rings (SSSR count). The molecule has 2 aromatic heterocycles. The number of hydrogen-bond acceptors (Lipinski definition) is 4. The molecular weight excluding hydrogens is 283 g/mol. The van der Waals surface area contributed by atoms with E-state index in [4.69, 9.17) is 28.3 Å². The summed E-state index contributed by atoms with van der Waals surface area (Å²) < 4.78 is 0. The van der Waals surface area contributed by atoms with Crippen LogP contribution in [0.25, 0.3) is 10.7 Å². The highest BCUT2D eigenvalue weighted by atomic mass is 35.5. The average molecular weight is 289 g/mol. The lowest BCUT2D eigenvalue weighted by molar-refractivity contribution is 0.0690. The second-order valence-corrected chi connectivity index (χ2v) is 5.26. The third-order valence-electron chi connectivity index (χ3n) is 2.01. The second-order valence-electron chi connectivity index (χ2n) is 3.21. The predicted molar refractivity (Wildman–Crippen MR) is 67.1 cm³/mol. The number of aryl methyl sites for hydroxylation is 1. The fourth-order valence-electron chi connectivity index (χ4n) is 1.27. The van der Waals surface area contributed by atoms with Gasteiger partial charge in [-0.15, -0.1) is 11.3 Å². The van der Waals surface area contributed by atoms with E-state index >= 15 is 0 Å². The molecule has 0 saturated heterocycles. The Kier molecular flexibility index (Phi) is 3.33. The molecule has 0 atom stereocenters. The molecular formula is C10H6Cl2N2O2S. The molecule has 0 radical (unpaired) electrons. The number of halogens is 2. The van der Waals surface area contributed by atoms with E-state index in [2.05, 4.69) is 9.97 Å². The Balaban J connectivity index is 2.53. The summed E-state index contributed by atoms with van der Waals surface area (Å²) in [5.74, 6) is -1.06. The second kappa shape index (κ2) is 4.60. The first-order valence-corrected chi connectivity index (χ1v) is 6.08. The lowest BCUT2D eigenvalue weighted by Crippen LogP contribution is -1.98. The molecule has 0 unspecified atom stereocenters. The Labute approximate surface area is 111 Å². The minimum Gasteiger partial charge on any atom is -0.476 e. The maximum absolute atomic E-state index is 10.9. The molecule has 0 aliphatic rings. The molecule has 0 aliphatic carbocycles. The highest BCUT2D eigenvalue weighted by Crippen LogP contribution is 2.32. The van der Waals surface area contributed by atoms with Crippen molar-refractivity contribution in [3.63, 3.8) is 0 Å². The maximum Gasteiger partial charge on any atom is 0.355 e. The van der Waals surface area contributed by atoms with Gasteiger partial charge in [0.2, 0.25) is 0 Å². The molecule has 0 fully saturated rings. The number of aromatic nitrogens is 2. The van der Waals surface area contributed by atoms with Gasteiger partial charge in [-0.1, -0.05) is 23.2 Å². The zero-order valence-corrected chi connectivity index (χ0v) is 10.9. The minimum absolute atomic E-state index is 0.0258. The monoisotopic (exact) mass is 288 g/mol. The van der Waals surface area contributed by atoms with E-state index in [1.165, 1.54) is 17.5 Å². The van der Waals surface area contributed by atoms with Crippen molar-refractivity contribution in [2.75, 3.05) is 0 Å². The topological polar surface area (TPSA) is 63.1 Å². The van der Waals surface area contributed by atoms with Gasteiger partial charge in [0.1, 0.15) is 10.7 Å². The van der Waals surface area contributed by atoms with Gasteiger partial charge >= 0.3 is 5.97 Å². The fourth-order valence-corrected chi connectivity index (χ4v) is 2.71. The van der Waals surface area contributed by atoms with Gasteiger partial charge < -0.3 is 5.11 Å². The van der Waals surface area contributed by atoms with E-state index in [1.54, 1.807) is 13.0 Å². The first-order chi connectivity index (χ1) is 7.99. The highest BCUT2D eigenvalue weighted by molar-refractivity contribution is 7.15. The van der Waals surface area contributed by atoms with Gasteiger partial charge in [0, 0.05) is 11.1 Å². The zero-order valence-electron chi connectivity index (χ0n) is 8.57. The molecule has 0 spiro atoms. The molecule has 2 aromatic rings. The van der Waals surface area contributed by atoms with Crippen LogP contribution in [0.3, 0.4) is 0 Å². The summed E-state index contributed by atoms with van der Waals surface area (Å²) in [6.45, 7) is 1.69. The van der Waals surface area contributed by atoms with Gasteiger partial charge in [-0.2, -0.15) is 0 Å². The number of carbonyl (C=O) groups is 1. The van der Waals surface area contributed by atoms with Crippen LogP contribution in [-0.2, 0) is 0 Å². The van der Waals surface area contributed by atoms with Gasteiger partial charge in [-0.3, -0.25) is 4.98 Å². The zero-order chi connectivity index (χ0) is 12.6. The lowest BCUT2D eigenvalue weighted by atomic mass is 10.3. The van der Waals surface area contributed by atoms with E-state index in [1.807, 2.05) is 0 Å². The number of aromatic carboxylic acids is 1. The van der Waals surface area contributed by atoms with Gasteiger partial charge in [0.15, 0.2) is 5.69 Å². The number of nitrogens with zero attached hydrogens (tertiary/aromatic N) is 2. The summed E-state index contributed by atoms with van der Waals surface area (Å²) in [5.41, 5.74) is 0.467. The molecule has 0 aromatic carbocycles. The Bertz CT molecular complexity index is 598. The molecule has 0 amide bonds. The first-order valence-electron chi connectivity index (χ1n) is 4.51. The van der Waals surface area contributed by atoms with E-state index in [-0.39, 0.29) is 5.69 Å². The Morgan fingerprint density at radius 1 is 1.47 bits per heavy atom. The molecule has 88 valence electrons. The number of rotatable bonds is 2. The number of thiazole rings is 1. The van der Waals surface area contributed by atoms with Crippen LogP contribution < -0.4 is 0 Å². The van der Waals surface area contributed by atoms with Crippen LogP contribution in [0.15, 0.2) is 12.3 Å². The number of hydrogen-bond donors (Lipinski definition) is 1. The predicted octanol–water partition coefficient (Wildman–Crippen LogP) is 3.52. The summed E-state index contributed by atoms with van der Waals surface area (Å²) in [6, 6.07) is 1.54. The van der Waals surface area contributed by atoms with Crippen LogP contribution in [0.2, 0.25) is 10.0 Å². The third kappa shape index (κ3) is 2.41. The number of carboxylic acid groups (broad SMARTS) is 1. The maximum atomic E-state index is 10.9. The van der Waals surface area contributed by atoms with Crippen LogP contribution in [0, 0.1) is 6.92 Å². The van der Waals surface area contributed by atoms with E-state index < -0.39 is 5.97 Å². The average Bonchev–Trinajstić information content (AvgIpc) is 2.60. The molecule has 2 heterocycles. The van der Waals surface area contributed by atoms with Gasteiger partial charge in [0.05, 0.1) is 10.0 Å². The van der Waals surface area contributed by atoms with Crippen molar-refractivity contribution in [1.82, 2.24) is 9.97 Å². The van der Waals surface area contributed by atoms with Gasteiger partial charge in [0.25, 0.3) is 0 Å². The van der Waals surface area contributed by atoms with Gasteiger partial charge in [-0.25, -0.2) is 9.78 Å². The fraction of sp³-hybridized carbons (Fsp3) is 0.100. The summed E-state index contributed by atoms with van der Waals surface area (Å²) >= 11 is 12.9. The van der Waals surface area contributed by atoms with Crippen LogP contribution >= 0.6 is 34.5 Å². The van der Waals surface area contributed by atoms with E-state index in [0.717, 1.165) is 0 Å². The summed E-state index contributed by atoms with van der Waals surface area (Å²) in [7, 11) is 0. The van der Waals surface area contributed by atoms with E-state index in [9.17, 15) is 4.79 Å². The van der Waals surface area contributed by atoms with E-state index in [0.29, 0.717) is 25.6 Å². The Morgan fingerprint density at radius 2 is 2.18 bits per heavy atom. The normalized spacial score (nSPS) is 10.5. The molecule has 7 heteroatoms. The van der Waals surface area contributed by atoms with Crippen LogP contribution in [0.4, 0.5) is 0 Å². The molecule has 17 heavy (non-hydrogen) atoms. The molecule has 0 saturated carbocycles. The third-order valence-corrected chi connectivity index (χ3v) is 3.48. The van der Waals surface area contributed by atoms with Crippen molar-refractivity contribution < 1.29 is 9.90 Å². The van der Waals surface area contributed by atoms with Crippen molar-refractivity contribution in [1.29, 1.82) is 0 Å². The molecule has 0 aliphatic heterocycles. The van der Waals surface area contributed by atoms with Crippen molar-refractivity contribution in [2.45, 2.75) is 6.92 Å². The standard InChI is InChI=1S/C10H6Cl2N2O2S/c1-4-7(10(15)16)14-9(17-4)8-6(12)2-5(11)3-13-8/h2-3H,1H3,(H,15,16).